The third-order valence-electron chi connectivity index (χ3n) is 7.38. The Labute approximate surface area is 208 Å². The zero-order chi connectivity index (χ0) is 24.9. The molecule has 2 aliphatic heterocycles. The second-order valence-electron chi connectivity index (χ2n) is 9.46. The van der Waals surface area contributed by atoms with E-state index in [1.165, 1.54) is 4.90 Å². The summed E-state index contributed by atoms with van der Waals surface area (Å²) in [5.74, 6) is -0.560. The zero-order valence-electron chi connectivity index (χ0n) is 20.0. The van der Waals surface area contributed by atoms with E-state index in [1.807, 2.05) is 54.6 Å². The van der Waals surface area contributed by atoms with E-state index >= 15 is 0 Å². The van der Waals surface area contributed by atoms with Crippen molar-refractivity contribution in [2.24, 2.45) is 0 Å². The number of hydrogen-bond acceptors (Lipinski definition) is 3. The van der Waals surface area contributed by atoms with Gasteiger partial charge in [-0.1, -0.05) is 54.6 Å². The van der Waals surface area contributed by atoms with Crippen molar-refractivity contribution in [2.45, 2.75) is 25.3 Å². The number of fused-ring (bicyclic) bond motifs is 5. The molecule has 0 saturated carbocycles. The van der Waals surface area contributed by atoms with Crippen LogP contribution in [0.4, 0.5) is 10.5 Å². The lowest BCUT2D eigenvalue weighted by Crippen LogP contribution is -2.49. The highest BCUT2D eigenvalue weighted by molar-refractivity contribution is 6.24. The summed E-state index contributed by atoms with van der Waals surface area (Å²) in [4.78, 5) is 46.5. The van der Waals surface area contributed by atoms with Crippen LogP contribution in [0.3, 0.4) is 0 Å². The van der Waals surface area contributed by atoms with E-state index in [9.17, 15) is 14.4 Å². The Bertz CT molecular complexity index is 1510. The van der Waals surface area contributed by atoms with E-state index in [1.54, 1.807) is 36.1 Å². The number of rotatable bonds is 5. The minimum Gasteiger partial charge on any atom is -0.356 e. The molecule has 1 saturated heterocycles. The lowest BCUT2D eigenvalue weighted by molar-refractivity contribution is -0.125. The maximum atomic E-state index is 13.9. The van der Waals surface area contributed by atoms with Gasteiger partial charge in [0.15, 0.2) is 5.54 Å². The maximum absolute atomic E-state index is 13.9. The van der Waals surface area contributed by atoms with Crippen LogP contribution in [0.1, 0.15) is 34.1 Å². The average Bonchev–Trinajstić information content (AvgIpc) is 3.38. The highest BCUT2D eigenvalue weighted by Crippen LogP contribution is 2.45. The first-order valence-corrected chi connectivity index (χ1v) is 12.2. The summed E-state index contributed by atoms with van der Waals surface area (Å²) in [5.41, 5.74) is 3.62. The number of carbonyl (C=O) groups is 3. The molecular formula is C29H26N4O3. The topological polar surface area (TPSA) is 85.5 Å². The Hall–Kier alpha value is -4.39. The molecule has 3 heterocycles. The van der Waals surface area contributed by atoms with Gasteiger partial charge in [-0.2, -0.15) is 0 Å². The number of nitrogens with one attached hydrogen (secondary N) is 2. The van der Waals surface area contributed by atoms with Gasteiger partial charge in [0.1, 0.15) is 0 Å². The Kier molecular flexibility index (Phi) is 5.14. The molecule has 1 atom stereocenters. The summed E-state index contributed by atoms with van der Waals surface area (Å²) in [6.45, 7) is 2.75. The van der Waals surface area contributed by atoms with Gasteiger partial charge in [0.2, 0.25) is 0 Å². The molecule has 1 fully saturated rings. The number of imide groups is 1. The van der Waals surface area contributed by atoms with Crippen LogP contribution in [0, 0.1) is 0 Å². The number of H-pyrrole nitrogens is 1. The molecule has 36 heavy (non-hydrogen) atoms. The molecule has 0 aliphatic carbocycles. The number of para-hydroxylation sites is 1. The summed E-state index contributed by atoms with van der Waals surface area (Å²) >= 11 is 0. The van der Waals surface area contributed by atoms with Gasteiger partial charge in [0, 0.05) is 29.6 Å². The van der Waals surface area contributed by atoms with Crippen LogP contribution in [-0.2, 0) is 23.2 Å². The van der Waals surface area contributed by atoms with Crippen molar-refractivity contribution in [2.75, 3.05) is 18.0 Å². The second kappa shape index (κ2) is 8.37. The van der Waals surface area contributed by atoms with Gasteiger partial charge in [0.25, 0.3) is 11.8 Å². The minimum atomic E-state index is -1.13. The van der Waals surface area contributed by atoms with E-state index in [-0.39, 0.29) is 17.8 Å². The number of hydrogen-bond donors (Lipinski definition) is 2. The molecule has 7 nitrogen and oxygen atoms in total. The van der Waals surface area contributed by atoms with E-state index < -0.39 is 5.54 Å². The van der Waals surface area contributed by atoms with E-state index in [2.05, 4.69) is 10.3 Å². The Morgan fingerprint density at radius 2 is 1.78 bits per heavy atom. The normalized spacial score (nSPS) is 18.9. The van der Waals surface area contributed by atoms with Crippen molar-refractivity contribution in [1.82, 2.24) is 15.2 Å². The molecular weight excluding hydrogens is 452 g/mol. The molecule has 0 spiro atoms. The van der Waals surface area contributed by atoms with Crippen LogP contribution in [0.2, 0.25) is 0 Å². The van der Waals surface area contributed by atoms with Gasteiger partial charge in [-0.25, -0.2) is 9.69 Å². The second-order valence-corrected chi connectivity index (χ2v) is 9.46. The molecule has 4 aromatic rings. The lowest BCUT2D eigenvalue weighted by Gasteiger charge is -2.35. The summed E-state index contributed by atoms with van der Waals surface area (Å²) in [7, 11) is 0. The smallest absolute Gasteiger partial charge is 0.332 e. The molecule has 180 valence electrons. The van der Waals surface area contributed by atoms with Crippen molar-refractivity contribution in [3.8, 4) is 0 Å². The molecule has 6 rings (SSSR count). The van der Waals surface area contributed by atoms with Crippen LogP contribution < -0.4 is 10.2 Å². The first-order valence-electron chi connectivity index (χ1n) is 12.2. The van der Waals surface area contributed by atoms with Crippen LogP contribution in [-0.4, -0.2) is 40.8 Å². The molecule has 0 unspecified atom stereocenters. The van der Waals surface area contributed by atoms with Crippen molar-refractivity contribution in [1.29, 1.82) is 0 Å². The standard InChI is InChI=1S/C29H26N4O3/c1-29-25-23(22-12-5-6-13-24(22)31-25)15-17-32(29)28(36)33(27(29)35)21-11-7-10-20(18-21)26(34)30-16-14-19-8-3-2-4-9-19/h2-13,18,31H,14-17H2,1H3,(H,30,34)/t29-/m0/s1. The average molecular weight is 479 g/mol. The predicted molar refractivity (Wildman–Crippen MR) is 138 cm³/mol. The predicted octanol–water partition coefficient (Wildman–Crippen LogP) is 4.38. The van der Waals surface area contributed by atoms with Gasteiger partial charge in [0.05, 0.1) is 11.4 Å². The highest BCUT2D eigenvalue weighted by atomic mass is 16.2. The van der Waals surface area contributed by atoms with E-state index in [0.717, 1.165) is 34.1 Å². The fourth-order valence-corrected chi connectivity index (χ4v) is 5.47. The van der Waals surface area contributed by atoms with Gasteiger partial charge in [-0.3, -0.25) is 9.59 Å². The van der Waals surface area contributed by atoms with Gasteiger partial charge < -0.3 is 15.2 Å². The van der Waals surface area contributed by atoms with Crippen LogP contribution >= 0.6 is 0 Å². The molecule has 0 radical (unpaired) electrons. The van der Waals surface area contributed by atoms with Crippen molar-refractivity contribution in [3.63, 3.8) is 0 Å². The van der Waals surface area contributed by atoms with Crippen LogP contribution in [0.25, 0.3) is 10.9 Å². The number of anilines is 1. The van der Waals surface area contributed by atoms with Crippen LogP contribution in [0.15, 0.2) is 78.9 Å². The Morgan fingerprint density at radius 1 is 1.00 bits per heavy atom. The van der Waals surface area contributed by atoms with Crippen molar-refractivity contribution in [3.05, 3.63) is 101 Å². The third-order valence-corrected chi connectivity index (χ3v) is 7.38. The van der Waals surface area contributed by atoms with Crippen LogP contribution in [0.5, 0.6) is 0 Å². The molecule has 2 N–H and O–H groups in total. The summed E-state index contributed by atoms with van der Waals surface area (Å²) < 4.78 is 0. The number of urea groups is 1. The third kappa shape index (κ3) is 3.31. The summed E-state index contributed by atoms with van der Waals surface area (Å²) in [6.07, 6.45) is 1.39. The quantitative estimate of drug-likeness (QED) is 0.418. The van der Waals surface area contributed by atoms with Crippen molar-refractivity contribution < 1.29 is 14.4 Å². The Balaban J connectivity index is 1.27. The van der Waals surface area contributed by atoms with E-state index in [4.69, 9.17) is 0 Å². The summed E-state index contributed by atoms with van der Waals surface area (Å²) in [5, 5.41) is 4.01. The van der Waals surface area contributed by atoms with Gasteiger partial charge >= 0.3 is 6.03 Å². The zero-order valence-corrected chi connectivity index (χ0v) is 20.0. The number of aromatic nitrogens is 1. The molecule has 1 aromatic heterocycles. The SMILES string of the molecule is C[C@]12C(=O)N(c3cccc(C(=O)NCCc4ccccc4)c3)C(=O)N1CCc1c2[nH]c2ccccc12. The fraction of sp³-hybridized carbons (Fsp3) is 0.207. The largest absolute Gasteiger partial charge is 0.356 e. The monoisotopic (exact) mass is 478 g/mol. The van der Waals surface area contributed by atoms with Gasteiger partial charge in [-0.05, 0) is 55.2 Å². The first-order chi connectivity index (χ1) is 17.5. The fourth-order valence-electron chi connectivity index (χ4n) is 5.47. The molecule has 0 bridgehead atoms. The minimum absolute atomic E-state index is 0.242. The lowest BCUT2D eigenvalue weighted by atomic mass is 9.87. The number of amides is 4. The maximum Gasteiger partial charge on any atom is 0.332 e. The number of benzene rings is 3. The molecule has 4 amide bonds. The Morgan fingerprint density at radius 3 is 2.61 bits per heavy atom. The first kappa shape index (κ1) is 22.1. The van der Waals surface area contributed by atoms with Crippen molar-refractivity contribution >= 4 is 34.4 Å². The molecule has 7 heteroatoms. The highest BCUT2D eigenvalue weighted by Gasteiger charge is 2.59. The molecule has 3 aromatic carbocycles. The number of nitrogens with zero attached hydrogens (tertiary/aromatic N) is 2. The number of aromatic amines is 1. The summed E-state index contributed by atoms with van der Waals surface area (Å²) in [6, 6.07) is 24.2. The molecule has 2 aliphatic rings. The van der Waals surface area contributed by atoms with Gasteiger partial charge in [-0.15, -0.1) is 0 Å². The van der Waals surface area contributed by atoms with E-state index in [0.29, 0.717) is 30.8 Å². The number of carbonyl (C=O) groups excluding carboxylic acids is 3.